The minimum Gasteiger partial charge on any atom is -0.303 e. The summed E-state index contributed by atoms with van der Waals surface area (Å²) >= 11 is 3.54. The molecule has 0 aliphatic carbocycles. The average Bonchev–Trinajstić information content (AvgIpc) is 2.34. The van der Waals surface area contributed by atoms with Crippen LogP contribution in [0.25, 0.3) is 0 Å². The maximum Gasteiger partial charge on any atom is 0.00723 e. The second-order valence-corrected chi connectivity index (χ2v) is 4.61. The Balaban J connectivity index is 2.19. The third kappa shape index (κ3) is 3.12. The van der Waals surface area contributed by atoms with E-state index in [0.717, 1.165) is 11.8 Å². The van der Waals surface area contributed by atoms with Crippen LogP contribution >= 0.6 is 15.9 Å². The molecule has 0 spiro atoms. The zero-order valence-electron chi connectivity index (χ0n) is 7.52. The fourth-order valence-corrected chi connectivity index (χ4v) is 2.25. The summed E-state index contributed by atoms with van der Waals surface area (Å²) in [5.41, 5.74) is 0. The van der Waals surface area contributed by atoms with Gasteiger partial charge >= 0.3 is 0 Å². The zero-order valence-corrected chi connectivity index (χ0v) is 9.10. The zero-order chi connectivity index (χ0) is 8.27. The number of halogens is 1. The molecule has 1 nitrogen and oxygen atoms in total. The van der Waals surface area contributed by atoms with Gasteiger partial charge in [0.15, 0.2) is 0 Å². The van der Waals surface area contributed by atoms with Gasteiger partial charge in [-0.25, -0.2) is 0 Å². The number of likely N-dealkylation sites (tertiary alicyclic amines) is 1. The van der Waals surface area contributed by atoms with Crippen molar-refractivity contribution in [1.29, 1.82) is 0 Å². The van der Waals surface area contributed by atoms with E-state index in [9.17, 15) is 0 Å². The average molecular weight is 220 g/mol. The van der Waals surface area contributed by atoms with E-state index in [1.165, 1.54) is 31.4 Å². The summed E-state index contributed by atoms with van der Waals surface area (Å²) < 4.78 is 0. The molecule has 1 atom stereocenters. The number of alkyl halides is 1. The first-order chi connectivity index (χ1) is 5.22. The second kappa shape index (κ2) is 4.46. The van der Waals surface area contributed by atoms with Crippen molar-refractivity contribution >= 4 is 15.9 Å². The van der Waals surface area contributed by atoms with E-state index in [0.29, 0.717) is 0 Å². The van der Waals surface area contributed by atoms with Crippen LogP contribution in [0.4, 0.5) is 0 Å². The van der Waals surface area contributed by atoms with E-state index in [1.54, 1.807) is 0 Å². The molecule has 66 valence electrons. The largest absolute Gasteiger partial charge is 0.303 e. The number of rotatable bonds is 3. The fraction of sp³-hybridized carbons (Fsp3) is 1.00. The highest BCUT2D eigenvalue weighted by molar-refractivity contribution is 9.09. The van der Waals surface area contributed by atoms with Crippen molar-refractivity contribution in [3.8, 4) is 0 Å². The molecule has 1 saturated heterocycles. The van der Waals surface area contributed by atoms with Gasteiger partial charge in [-0.1, -0.05) is 29.8 Å². The molecule has 0 radical (unpaired) electrons. The third-order valence-electron chi connectivity index (χ3n) is 2.21. The minimum absolute atomic E-state index is 0.823. The van der Waals surface area contributed by atoms with Gasteiger partial charge in [-0.3, -0.25) is 0 Å². The Bertz CT molecular complexity index is 114. The van der Waals surface area contributed by atoms with Gasteiger partial charge in [0, 0.05) is 18.4 Å². The van der Waals surface area contributed by atoms with Crippen LogP contribution in [0.2, 0.25) is 0 Å². The van der Waals surface area contributed by atoms with Gasteiger partial charge in [0.25, 0.3) is 0 Å². The van der Waals surface area contributed by atoms with Crippen LogP contribution < -0.4 is 0 Å². The molecule has 1 aliphatic rings. The molecule has 1 fully saturated rings. The molecule has 0 bridgehead atoms. The summed E-state index contributed by atoms with van der Waals surface area (Å²) in [5.74, 6) is 1.73. The van der Waals surface area contributed by atoms with Crippen molar-refractivity contribution in [2.45, 2.75) is 20.3 Å². The highest BCUT2D eigenvalue weighted by Gasteiger charge is 2.21. The van der Waals surface area contributed by atoms with Crippen molar-refractivity contribution in [1.82, 2.24) is 4.90 Å². The standard InChI is InChI=1S/C9H18BrN/c1-8(2)6-11-4-3-9(5-10)7-11/h8-9H,3-7H2,1-2H3/t9-/m1/s1. The lowest BCUT2D eigenvalue weighted by Gasteiger charge is -2.17. The Morgan fingerprint density at radius 3 is 2.73 bits per heavy atom. The van der Waals surface area contributed by atoms with Gasteiger partial charge in [0.1, 0.15) is 0 Å². The Morgan fingerprint density at radius 2 is 2.27 bits per heavy atom. The molecule has 1 heterocycles. The molecule has 1 rings (SSSR count). The first-order valence-corrected chi connectivity index (χ1v) is 5.63. The van der Waals surface area contributed by atoms with E-state index in [-0.39, 0.29) is 0 Å². The van der Waals surface area contributed by atoms with Gasteiger partial charge in [0.05, 0.1) is 0 Å². The van der Waals surface area contributed by atoms with Gasteiger partial charge in [-0.2, -0.15) is 0 Å². The molecule has 2 heteroatoms. The molecule has 0 saturated carbocycles. The topological polar surface area (TPSA) is 3.24 Å². The summed E-state index contributed by atoms with van der Waals surface area (Å²) in [5, 5.41) is 1.18. The molecule has 11 heavy (non-hydrogen) atoms. The predicted octanol–water partition coefficient (Wildman–Crippen LogP) is 2.36. The van der Waals surface area contributed by atoms with Gasteiger partial charge in [-0.15, -0.1) is 0 Å². The monoisotopic (exact) mass is 219 g/mol. The van der Waals surface area contributed by atoms with Crippen LogP contribution in [0.1, 0.15) is 20.3 Å². The van der Waals surface area contributed by atoms with Gasteiger partial charge in [-0.05, 0) is 24.8 Å². The first-order valence-electron chi connectivity index (χ1n) is 4.50. The van der Waals surface area contributed by atoms with E-state index < -0.39 is 0 Å². The highest BCUT2D eigenvalue weighted by atomic mass is 79.9. The van der Waals surface area contributed by atoms with Crippen molar-refractivity contribution in [3.63, 3.8) is 0 Å². The summed E-state index contributed by atoms with van der Waals surface area (Å²) in [6.07, 6.45) is 1.39. The number of hydrogen-bond acceptors (Lipinski definition) is 1. The summed E-state index contributed by atoms with van der Waals surface area (Å²) in [6, 6.07) is 0. The molecule has 0 unspecified atom stereocenters. The van der Waals surface area contributed by atoms with Gasteiger partial charge in [0.2, 0.25) is 0 Å². The van der Waals surface area contributed by atoms with E-state index in [1.807, 2.05) is 0 Å². The van der Waals surface area contributed by atoms with Crippen LogP contribution in [0.5, 0.6) is 0 Å². The molecule has 0 aromatic carbocycles. The molecular formula is C9H18BrN. The normalized spacial score (nSPS) is 26.7. The lowest BCUT2D eigenvalue weighted by Crippen LogP contribution is -2.25. The molecule has 0 N–H and O–H groups in total. The van der Waals surface area contributed by atoms with Crippen LogP contribution in [0.15, 0.2) is 0 Å². The Morgan fingerprint density at radius 1 is 1.55 bits per heavy atom. The van der Waals surface area contributed by atoms with E-state index in [2.05, 4.69) is 34.7 Å². The van der Waals surface area contributed by atoms with E-state index in [4.69, 9.17) is 0 Å². The highest BCUT2D eigenvalue weighted by Crippen LogP contribution is 2.18. The van der Waals surface area contributed by atoms with Crippen LogP contribution in [0.3, 0.4) is 0 Å². The summed E-state index contributed by atoms with van der Waals surface area (Å²) in [6.45, 7) is 8.49. The van der Waals surface area contributed by atoms with Crippen molar-refractivity contribution in [2.75, 3.05) is 25.0 Å². The lowest BCUT2D eigenvalue weighted by molar-refractivity contribution is 0.290. The molecule has 1 aliphatic heterocycles. The number of hydrogen-bond donors (Lipinski definition) is 0. The van der Waals surface area contributed by atoms with Crippen LogP contribution in [-0.2, 0) is 0 Å². The summed E-state index contributed by atoms with van der Waals surface area (Å²) in [7, 11) is 0. The smallest absolute Gasteiger partial charge is 0.00723 e. The van der Waals surface area contributed by atoms with Crippen LogP contribution in [-0.4, -0.2) is 29.9 Å². The maximum atomic E-state index is 3.54. The number of nitrogens with zero attached hydrogens (tertiary/aromatic N) is 1. The van der Waals surface area contributed by atoms with Crippen molar-refractivity contribution in [2.24, 2.45) is 11.8 Å². The van der Waals surface area contributed by atoms with Gasteiger partial charge < -0.3 is 4.90 Å². The predicted molar refractivity (Wildman–Crippen MR) is 53.2 cm³/mol. The molecule has 0 aromatic rings. The molecular weight excluding hydrogens is 202 g/mol. The van der Waals surface area contributed by atoms with Crippen LogP contribution in [0, 0.1) is 11.8 Å². The lowest BCUT2D eigenvalue weighted by atomic mass is 10.2. The molecule has 0 amide bonds. The third-order valence-corrected chi connectivity index (χ3v) is 3.13. The summed E-state index contributed by atoms with van der Waals surface area (Å²) in [4.78, 5) is 2.58. The molecule has 0 aromatic heterocycles. The SMILES string of the molecule is CC(C)CN1CC[C@H](CBr)C1. The Hall–Kier alpha value is 0.440. The maximum absolute atomic E-state index is 3.54. The fourth-order valence-electron chi connectivity index (χ4n) is 1.72. The first kappa shape index (κ1) is 9.53. The quantitative estimate of drug-likeness (QED) is 0.660. The second-order valence-electron chi connectivity index (χ2n) is 3.96. The Labute approximate surface area is 78.3 Å². The van der Waals surface area contributed by atoms with E-state index >= 15 is 0 Å². The minimum atomic E-state index is 0.823. The van der Waals surface area contributed by atoms with Crippen molar-refractivity contribution in [3.05, 3.63) is 0 Å². The Kier molecular flexibility index (Phi) is 3.86. The van der Waals surface area contributed by atoms with Crippen molar-refractivity contribution < 1.29 is 0 Å².